The molecule has 0 aliphatic carbocycles. The monoisotopic (exact) mass is 330 g/mol. The van der Waals surface area contributed by atoms with Crippen LogP contribution >= 0.6 is 0 Å². The van der Waals surface area contributed by atoms with Gasteiger partial charge in [0.25, 0.3) is 11.8 Å². The number of carboxylic acid groups (broad SMARTS) is 1. The molecule has 23 heavy (non-hydrogen) atoms. The first kappa shape index (κ1) is 16.5. The summed E-state index contributed by atoms with van der Waals surface area (Å²) in [7, 11) is 0. The number of hydrogen-bond acceptors (Lipinski definition) is 5. The molecule has 0 radical (unpaired) electrons. The Labute approximate surface area is 126 Å². The summed E-state index contributed by atoms with van der Waals surface area (Å²) in [5.74, 6) is -8.69. The second-order valence-corrected chi connectivity index (χ2v) is 4.42. The zero-order valence-electron chi connectivity index (χ0n) is 11.3. The molecule has 0 unspecified atom stereocenters. The largest absolute Gasteiger partial charge is 0.478 e. The van der Waals surface area contributed by atoms with Gasteiger partial charge in [-0.3, -0.25) is 14.5 Å². The van der Waals surface area contributed by atoms with Crippen molar-refractivity contribution in [3.05, 3.63) is 40.9 Å². The van der Waals surface area contributed by atoms with Crippen molar-refractivity contribution in [1.29, 1.82) is 0 Å². The van der Waals surface area contributed by atoms with Crippen molar-refractivity contribution >= 4 is 23.5 Å². The highest BCUT2D eigenvalue weighted by atomic mass is 19.2. The molecule has 3 N–H and O–H groups in total. The molecule has 0 bridgehead atoms. The molecule has 1 aromatic carbocycles. The Bertz CT molecular complexity index is 748. The van der Waals surface area contributed by atoms with E-state index < -0.39 is 58.8 Å². The van der Waals surface area contributed by atoms with E-state index in [-0.39, 0.29) is 12.6 Å². The minimum absolute atomic E-state index is 0.159. The van der Waals surface area contributed by atoms with Crippen molar-refractivity contribution in [2.24, 2.45) is 0 Å². The summed E-state index contributed by atoms with van der Waals surface area (Å²) in [4.78, 5) is 34.7. The highest BCUT2D eigenvalue weighted by Crippen LogP contribution is 2.27. The SMILES string of the molecule is O=C(O)c1cc(F)c(F)c(NC2=CC(=O)N(CCO)C2=O)c1F. The fraction of sp³-hybridized carbons (Fsp3) is 0.154. The molecule has 2 amide bonds. The van der Waals surface area contributed by atoms with Crippen LogP contribution in [0.2, 0.25) is 0 Å². The molecule has 0 saturated heterocycles. The number of aliphatic hydroxyl groups excluding tert-OH is 1. The molecule has 10 heteroatoms. The number of amides is 2. The fourth-order valence-corrected chi connectivity index (χ4v) is 1.91. The Hall–Kier alpha value is -2.88. The van der Waals surface area contributed by atoms with Gasteiger partial charge in [-0.05, 0) is 6.07 Å². The molecule has 0 spiro atoms. The molecular weight excluding hydrogens is 321 g/mol. The van der Waals surface area contributed by atoms with Crippen LogP contribution in [0.3, 0.4) is 0 Å². The number of hydrogen-bond donors (Lipinski definition) is 3. The smallest absolute Gasteiger partial charge is 0.338 e. The molecule has 122 valence electrons. The van der Waals surface area contributed by atoms with Gasteiger partial charge in [-0.1, -0.05) is 0 Å². The van der Waals surface area contributed by atoms with Crippen LogP contribution in [0.25, 0.3) is 0 Å². The molecule has 1 aliphatic rings. The van der Waals surface area contributed by atoms with E-state index in [9.17, 15) is 27.6 Å². The highest BCUT2D eigenvalue weighted by Gasteiger charge is 2.32. The van der Waals surface area contributed by atoms with E-state index >= 15 is 0 Å². The minimum Gasteiger partial charge on any atom is -0.478 e. The average molecular weight is 330 g/mol. The van der Waals surface area contributed by atoms with Gasteiger partial charge in [-0.25, -0.2) is 18.0 Å². The number of rotatable bonds is 5. The molecule has 1 heterocycles. The topological polar surface area (TPSA) is 107 Å². The number of aromatic carboxylic acids is 1. The van der Waals surface area contributed by atoms with Crippen LogP contribution in [0.4, 0.5) is 18.9 Å². The molecule has 7 nitrogen and oxygen atoms in total. The summed E-state index contributed by atoms with van der Waals surface area (Å²) in [5.41, 5.74) is -2.93. The Morgan fingerprint density at radius 3 is 2.43 bits per heavy atom. The van der Waals surface area contributed by atoms with Crippen molar-refractivity contribution in [2.75, 3.05) is 18.5 Å². The Balaban J connectivity index is 2.42. The predicted octanol–water partition coefficient (Wildman–Crippen LogP) is 0.459. The lowest BCUT2D eigenvalue weighted by Gasteiger charge is -2.14. The van der Waals surface area contributed by atoms with E-state index in [1.54, 1.807) is 0 Å². The van der Waals surface area contributed by atoms with Gasteiger partial charge in [0.05, 0.1) is 13.2 Å². The summed E-state index contributed by atoms with van der Waals surface area (Å²) in [6.07, 6.45) is 0.697. The maximum absolute atomic E-state index is 14.0. The molecule has 0 saturated carbocycles. The molecule has 0 atom stereocenters. The first-order chi connectivity index (χ1) is 10.8. The minimum atomic E-state index is -1.84. The van der Waals surface area contributed by atoms with Crippen LogP contribution < -0.4 is 5.32 Å². The maximum atomic E-state index is 14.0. The lowest BCUT2D eigenvalue weighted by Crippen LogP contribution is -2.34. The van der Waals surface area contributed by atoms with E-state index in [0.717, 1.165) is 0 Å². The number of carbonyl (C=O) groups is 3. The third-order valence-corrected chi connectivity index (χ3v) is 2.98. The quantitative estimate of drug-likeness (QED) is 0.535. The van der Waals surface area contributed by atoms with Crippen molar-refractivity contribution in [2.45, 2.75) is 0 Å². The Morgan fingerprint density at radius 2 is 1.87 bits per heavy atom. The van der Waals surface area contributed by atoms with Crippen LogP contribution in [0.15, 0.2) is 17.8 Å². The van der Waals surface area contributed by atoms with Gasteiger partial charge in [0.2, 0.25) is 0 Å². The van der Waals surface area contributed by atoms with Crippen molar-refractivity contribution in [3.8, 4) is 0 Å². The number of aliphatic hydroxyl groups is 1. The average Bonchev–Trinajstić information content (AvgIpc) is 2.75. The predicted molar refractivity (Wildman–Crippen MR) is 68.8 cm³/mol. The normalized spacial score (nSPS) is 14.3. The van der Waals surface area contributed by atoms with Gasteiger partial charge >= 0.3 is 5.97 Å². The summed E-state index contributed by atoms with van der Waals surface area (Å²) in [6.45, 7) is -0.863. The summed E-state index contributed by atoms with van der Waals surface area (Å²) in [6, 6.07) is 0.159. The van der Waals surface area contributed by atoms with E-state index in [1.807, 2.05) is 5.32 Å². The second kappa shape index (κ2) is 6.08. The molecular formula is C13H9F3N2O5. The molecule has 2 rings (SSSR count). The van der Waals surface area contributed by atoms with Crippen LogP contribution in [-0.4, -0.2) is 46.0 Å². The third kappa shape index (κ3) is 2.88. The number of nitrogens with one attached hydrogen (secondary N) is 1. The number of nitrogens with zero attached hydrogens (tertiary/aromatic N) is 1. The molecule has 0 aromatic heterocycles. The summed E-state index contributed by atoms with van der Waals surface area (Å²) >= 11 is 0. The lowest BCUT2D eigenvalue weighted by molar-refractivity contribution is -0.137. The Kier molecular flexibility index (Phi) is 4.36. The first-order valence-electron chi connectivity index (χ1n) is 6.14. The van der Waals surface area contributed by atoms with Gasteiger partial charge in [0, 0.05) is 6.08 Å². The van der Waals surface area contributed by atoms with E-state index in [4.69, 9.17) is 10.2 Å². The summed E-state index contributed by atoms with van der Waals surface area (Å²) < 4.78 is 41.0. The van der Waals surface area contributed by atoms with Crippen LogP contribution in [0.1, 0.15) is 10.4 Å². The number of halogens is 3. The van der Waals surface area contributed by atoms with E-state index in [1.165, 1.54) is 0 Å². The third-order valence-electron chi connectivity index (χ3n) is 2.98. The first-order valence-corrected chi connectivity index (χ1v) is 6.14. The van der Waals surface area contributed by atoms with Gasteiger partial charge in [0.1, 0.15) is 16.9 Å². The Morgan fingerprint density at radius 1 is 1.22 bits per heavy atom. The number of anilines is 1. The van der Waals surface area contributed by atoms with E-state index in [2.05, 4.69) is 0 Å². The fourth-order valence-electron chi connectivity index (χ4n) is 1.91. The number of carboxylic acids is 1. The van der Waals surface area contributed by atoms with Gasteiger partial charge in [-0.15, -0.1) is 0 Å². The van der Waals surface area contributed by atoms with Crippen LogP contribution in [0, 0.1) is 17.5 Å². The zero-order valence-corrected chi connectivity index (χ0v) is 11.3. The molecule has 1 aliphatic heterocycles. The van der Waals surface area contributed by atoms with Crippen LogP contribution in [-0.2, 0) is 9.59 Å². The zero-order chi connectivity index (χ0) is 17.3. The number of β-amino-alcohol motifs (C(OH)–C–C–N with tert-alkyl or cyclic N) is 1. The number of carbonyl (C=O) groups excluding carboxylic acids is 2. The summed E-state index contributed by atoms with van der Waals surface area (Å²) in [5, 5.41) is 19.4. The maximum Gasteiger partial charge on any atom is 0.338 e. The van der Waals surface area contributed by atoms with E-state index in [0.29, 0.717) is 11.0 Å². The van der Waals surface area contributed by atoms with Crippen LogP contribution in [0.5, 0.6) is 0 Å². The highest BCUT2D eigenvalue weighted by molar-refractivity contribution is 6.17. The van der Waals surface area contributed by atoms with Crippen molar-refractivity contribution < 1.29 is 37.8 Å². The van der Waals surface area contributed by atoms with Crippen molar-refractivity contribution in [1.82, 2.24) is 4.90 Å². The van der Waals surface area contributed by atoms with Gasteiger partial charge in [0.15, 0.2) is 17.5 Å². The number of imide groups is 1. The molecule has 1 aromatic rings. The number of benzene rings is 1. The standard InChI is InChI=1S/C13H9F3N2O5/c14-6-3-5(13(22)23)9(15)11(10(6)16)17-7-4-8(20)18(1-2-19)12(7)21/h3-4,17,19H,1-2H2,(H,22,23). The molecule has 0 fully saturated rings. The lowest BCUT2D eigenvalue weighted by atomic mass is 10.1. The van der Waals surface area contributed by atoms with Crippen molar-refractivity contribution in [3.63, 3.8) is 0 Å². The van der Waals surface area contributed by atoms with Gasteiger partial charge < -0.3 is 15.5 Å². The second-order valence-electron chi connectivity index (χ2n) is 4.42. The van der Waals surface area contributed by atoms with Gasteiger partial charge in [-0.2, -0.15) is 0 Å².